The summed E-state index contributed by atoms with van der Waals surface area (Å²) in [5.41, 5.74) is 0. The van der Waals surface area contributed by atoms with Crippen LogP contribution in [0.3, 0.4) is 0 Å². The maximum atomic E-state index is 8.53. The highest BCUT2D eigenvalue weighted by Crippen LogP contribution is 1.82. The molecule has 0 aromatic rings. The van der Waals surface area contributed by atoms with Crippen LogP contribution < -0.4 is 5.32 Å². The van der Waals surface area contributed by atoms with E-state index < -0.39 is 6.10 Å². The second-order valence-electron chi connectivity index (χ2n) is 1.55. The Hall–Kier alpha value is -0.0800. The van der Waals surface area contributed by atoms with Crippen molar-refractivity contribution in [2.75, 3.05) is 13.6 Å². The molecule has 1 atom stereocenters. The Labute approximate surface area is 44.5 Å². The summed E-state index contributed by atoms with van der Waals surface area (Å²) in [6, 6.07) is 0. The third-order valence-corrected chi connectivity index (χ3v) is 0.728. The van der Waals surface area contributed by atoms with Crippen molar-refractivity contribution in [2.24, 2.45) is 0 Å². The zero-order valence-electron chi connectivity index (χ0n) is 4.65. The molecule has 0 rings (SSSR count). The molecule has 43 valence electrons. The molecule has 0 saturated heterocycles. The summed E-state index contributed by atoms with van der Waals surface area (Å²) < 4.78 is 0. The van der Waals surface area contributed by atoms with Gasteiger partial charge in [0.1, 0.15) is 0 Å². The summed E-state index contributed by atoms with van der Waals surface area (Å²) in [6.07, 6.45) is 0.323. The van der Waals surface area contributed by atoms with E-state index in [1.54, 1.807) is 0 Å². The van der Waals surface area contributed by atoms with Gasteiger partial charge in [0.05, 0.1) is 6.10 Å². The lowest BCUT2D eigenvalue weighted by Crippen LogP contribution is -2.13. The summed E-state index contributed by atoms with van der Waals surface area (Å²) in [4.78, 5) is 0. The third kappa shape index (κ3) is 5.92. The molecule has 0 bridgehead atoms. The first-order valence-electron chi connectivity index (χ1n) is 2.43. The molecule has 2 N–H and O–H groups in total. The van der Waals surface area contributed by atoms with Gasteiger partial charge in [-0.05, 0) is 26.9 Å². The number of aliphatic hydroxyl groups excluding tert-OH is 1. The average molecular weight is 102 g/mol. The molecule has 0 aliphatic rings. The average Bonchev–Trinajstić information content (AvgIpc) is 1.61. The predicted molar refractivity (Wildman–Crippen MR) is 29.9 cm³/mol. The van der Waals surface area contributed by atoms with Gasteiger partial charge in [0.2, 0.25) is 0 Å². The SMILES string of the molecule is [CH2]C(O)CCNC. The minimum absolute atomic E-state index is 0.410. The first-order valence-corrected chi connectivity index (χ1v) is 2.43. The Bertz CT molecular complexity index is 37.1. The highest BCUT2D eigenvalue weighted by atomic mass is 16.3. The van der Waals surface area contributed by atoms with Crippen LogP contribution in [0.2, 0.25) is 0 Å². The molecule has 0 spiro atoms. The lowest BCUT2D eigenvalue weighted by molar-refractivity contribution is 0.210. The monoisotopic (exact) mass is 102 g/mol. The molecule has 1 radical (unpaired) electrons. The molecule has 1 unspecified atom stereocenters. The van der Waals surface area contributed by atoms with Crippen LogP contribution in [0, 0.1) is 6.92 Å². The summed E-state index contributed by atoms with van der Waals surface area (Å²) in [7, 11) is 1.85. The first-order chi connectivity index (χ1) is 3.27. The standard InChI is InChI=1S/C5H12NO/c1-5(7)3-4-6-2/h5-7H,1,3-4H2,2H3. The van der Waals surface area contributed by atoms with Crippen molar-refractivity contribution in [1.82, 2.24) is 5.32 Å². The molecule has 0 aliphatic heterocycles. The van der Waals surface area contributed by atoms with Gasteiger partial charge >= 0.3 is 0 Å². The summed E-state index contributed by atoms with van der Waals surface area (Å²) in [5.74, 6) is 0. The molecule has 0 saturated carbocycles. The van der Waals surface area contributed by atoms with E-state index in [9.17, 15) is 0 Å². The van der Waals surface area contributed by atoms with E-state index in [-0.39, 0.29) is 0 Å². The Morgan fingerprint density at radius 2 is 2.43 bits per heavy atom. The van der Waals surface area contributed by atoms with Crippen molar-refractivity contribution in [1.29, 1.82) is 0 Å². The lowest BCUT2D eigenvalue weighted by atomic mass is 10.3. The Balaban J connectivity index is 2.68. The fourth-order valence-corrected chi connectivity index (χ4v) is 0.311. The van der Waals surface area contributed by atoms with E-state index >= 15 is 0 Å². The zero-order valence-corrected chi connectivity index (χ0v) is 4.65. The van der Waals surface area contributed by atoms with Crippen LogP contribution in [0.4, 0.5) is 0 Å². The molecule has 0 aromatic heterocycles. The van der Waals surface area contributed by atoms with E-state index in [1.165, 1.54) is 0 Å². The Morgan fingerprint density at radius 1 is 1.86 bits per heavy atom. The first kappa shape index (κ1) is 6.92. The van der Waals surface area contributed by atoms with Crippen LogP contribution in [-0.4, -0.2) is 24.8 Å². The van der Waals surface area contributed by atoms with E-state index in [4.69, 9.17) is 5.11 Å². The normalized spacial score (nSPS) is 14.1. The maximum absolute atomic E-state index is 8.53. The van der Waals surface area contributed by atoms with E-state index in [2.05, 4.69) is 12.2 Å². The Morgan fingerprint density at radius 3 is 2.57 bits per heavy atom. The number of rotatable bonds is 3. The van der Waals surface area contributed by atoms with Gasteiger partial charge < -0.3 is 10.4 Å². The van der Waals surface area contributed by atoms with Crippen LogP contribution in [-0.2, 0) is 0 Å². The van der Waals surface area contributed by atoms with Crippen LogP contribution in [0.1, 0.15) is 6.42 Å². The van der Waals surface area contributed by atoms with E-state index in [0.717, 1.165) is 13.0 Å². The molecule has 2 heteroatoms. The van der Waals surface area contributed by atoms with Gasteiger partial charge in [0.15, 0.2) is 0 Å². The van der Waals surface area contributed by atoms with E-state index in [1.807, 2.05) is 7.05 Å². The van der Waals surface area contributed by atoms with Crippen molar-refractivity contribution in [3.8, 4) is 0 Å². The van der Waals surface area contributed by atoms with Crippen LogP contribution in [0.5, 0.6) is 0 Å². The largest absolute Gasteiger partial charge is 0.393 e. The van der Waals surface area contributed by atoms with Gasteiger partial charge in [-0.15, -0.1) is 0 Å². The number of hydrogen-bond donors (Lipinski definition) is 2. The Kier molecular flexibility index (Phi) is 4.04. The molecule has 0 fully saturated rings. The summed E-state index contributed by atoms with van der Waals surface area (Å²) in [5, 5.41) is 11.4. The minimum Gasteiger partial charge on any atom is -0.393 e. The highest BCUT2D eigenvalue weighted by Gasteiger charge is 1.90. The van der Waals surface area contributed by atoms with Gasteiger partial charge in [-0.3, -0.25) is 0 Å². The maximum Gasteiger partial charge on any atom is 0.0553 e. The minimum atomic E-state index is -0.410. The lowest BCUT2D eigenvalue weighted by Gasteiger charge is -1.99. The second kappa shape index (κ2) is 4.09. The summed E-state index contributed by atoms with van der Waals surface area (Å²) >= 11 is 0. The van der Waals surface area contributed by atoms with Gasteiger partial charge in [-0.2, -0.15) is 0 Å². The molecule has 0 heterocycles. The fraction of sp³-hybridized carbons (Fsp3) is 0.800. The van der Waals surface area contributed by atoms with Crippen LogP contribution in [0.25, 0.3) is 0 Å². The number of aliphatic hydroxyl groups is 1. The van der Waals surface area contributed by atoms with Gasteiger partial charge in [-0.1, -0.05) is 0 Å². The molecule has 0 aliphatic carbocycles. The highest BCUT2D eigenvalue weighted by molar-refractivity contribution is 4.56. The topological polar surface area (TPSA) is 32.3 Å². The van der Waals surface area contributed by atoms with Gasteiger partial charge in [0, 0.05) is 0 Å². The number of hydrogen-bond acceptors (Lipinski definition) is 2. The molecule has 2 nitrogen and oxygen atoms in total. The van der Waals surface area contributed by atoms with Crippen molar-refractivity contribution in [2.45, 2.75) is 12.5 Å². The zero-order chi connectivity index (χ0) is 5.70. The molecular formula is C5H12NO. The third-order valence-electron chi connectivity index (χ3n) is 0.728. The number of nitrogens with one attached hydrogen (secondary N) is 1. The molecule has 0 amide bonds. The second-order valence-corrected chi connectivity index (χ2v) is 1.55. The smallest absolute Gasteiger partial charge is 0.0553 e. The van der Waals surface area contributed by atoms with Crippen LogP contribution >= 0.6 is 0 Å². The fourth-order valence-electron chi connectivity index (χ4n) is 0.311. The van der Waals surface area contributed by atoms with Gasteiger partial charge in [-0.25, -0.2) is 0 Å². The van der Waals surface area contributed by atoms with Gasteiger partial charge in [0.25, 0.3) is 0 Å². The molecule has 0 aromatic carbocycles. The predicted octanol–water partition coefficient (Wildman–Crippen LogP) is -0.209. The van der Waals surface area contributed by atoms with Crippen LogP contribution in [0.15, 0.2) is 0 Å². The molecule has 7 heavy (non-hydrogen) atoms. The van der Waals surface area contributed by atoms with Crippen molar-refractivity contribution < 1.29 is 5.11 Å². The van der Waals surface area contributed by atoms with E-state index in [0.29, 0.717) is 0 Å². The van der Waals surface area contributed by atoms with Crippen molar-refractivity contribution >= 4 is 0 Å². The quantitative estimate of drug-likeness (QED) is 0.517. The van der Waals surface area contributed by atoms with Crippen molar-refractivity contribution in [3.63, 3.8) is 0 Å². The van der Waals surface area contributed by atoms with Crippen molar-refractivity contribution in [3.05, 3.63) is 6.92 Å². The summed E-state index contributed by atoms with van der Waals surface area (Å²) in [6.45, 7) is 4.23. The molecular weight excluding hydrogens is 90.1 g/mol.